The maximum absolute atomic E-state index is 4.80. The van der Waals surface area contributed by atoms with Crippen LogP contribution in [0.15, 0.2) is 6.20 Å². The topological polar surface area (TPSA) is 29.9 Å². The molecule has 1 aromatic heterocycles. The maximum Gasteiger partial charge on any atom is 0.203 e. The van der Waals surface area contributed by atoms with Gasteiger partial charge >= 0.3 is 0 Å². The van der Waals surface area contributed by atoms with Crippen LogP contribution in [0, 0.1) is 24.7 Å². The number of imidazole rings is 1. The summed E-state index contributed by atoms with van der Waals surface area (Å²) >= 11 is 0. The normalized spacial score (nSPS) is 42.1. The molecule has 0 aliphatic heterocycles. The van der Waals surface area contributed by atoms with E-state index in [1.807, 2.05) is 0 Å². The predicted octanol–water partition coefficient (Wildman–Crippen LogP) is 3.91. The average molecular weight is 271 g/mol. The van der Waals surface area contributed by atoms with Crippen molar-refractivity contribution >= 4 is 5.95 Å². The van der Waals surface area contributed by atoms with Gasteiger partial charge in [0.25, 0.3) is 0 Å². The molecule has 1 heterocycles. The molecule has 0 atom stereocenters. The van der Waals surface area contributed by atoms with Gasteiger partial charge in [-0.2, -0.15) is 0 Å². The van der Waals surface area contributed by atoms with E-state index in [4.69, 9.17) is 4.98 Å². The Morgan fingerprint density at radius 3 is 2.25 bits per heavy atom. The molecular formula is C17H25N3. The molecule has 108 valence electrons. The van der Waals surface area contributed by atoms with Crippen molar-refractivity contribution in [2.45, 2.75) is 69.9 Å². The molecule has 5 fully saturated rings. The van der Waals surface area contributed by atoms with E-state index in [0.717, 1.165) is 23.8 Å². The van der Waals surface area contributed by atoms with E-state index < -0.39 is 0 Å². The first-order chi connectivity index (χ1) is 9.69. The lowest BCUT2D eigenvalue weighted by Crippen LogP contribution is -2.55. The zero-order chi connectivity index (χ0) is 13.3. The van der Waals surface area contributed by atoms with E-state index in [0.29, 0.717) is 5.54 Å². The van der Waals surface area contributed by atoms with E-state index in [1.54, 1.807) is 0 Å². The molecule has 1 N–H and O–H groups in total. The average Bonchev–Trinajstić information content (AvgIpc) is 3.12. The van der Waals surface area contributed by atoms with Gasteiger partial charge in [0.15, 0.2) is 0 Å². The Kier molecular flexibility index (Phi) is 2.22. The van der Waals surface area contributed by atoms with Crippen molar-refractivity contribution in [2.75, 3.05) is 5.32 Å². The molecule has 3 nitrogen and oxygen atoms in total. The highest BCUT2D eigenvalue weighted by Gasteiger charge is 2.51. The summed E-state index contributed by atoms with van der Waals surface area (Å²) in [5.41, 5.74) is 1.56. The first-order valence-corrected chi connectivity index (χ1v) is 8.53. The summed E-state index contributed by atoms with van der Waals surface area (Å²) < 4.78 is 2.42. The van der Waals surface area contributed by atoms with E-state index >= 15 is 0 Å². The molecule has 5 aliphatic carbocycles. The number of rotatable bonds is 3. The van der Waals surface area contributed by atoms with Gasteiger partial charge in [-0.1, -0.05) is 0 Å². The third-order valence-corrected chi connectivity index (χ3v) is 6.21. The molecule has 4 bridgehead atoms. The molecule has 0 amide bonds. The molecule has 0 spiro atoms. The third-order valence-electron chi connectivity index (χ3n) is 6.21. The smallest absolute Gasteiger partial charge is 0.203 e. The van der Waals surface area contributed by atoms with Crippen LogP contribution in [-0.4, -0.2) is 15.1 Å². The van der Waals surface area contributed by atoms with Gasteiger partial charge in [-0.05, 0) is 76.0 Å². The fourth-order valence-corrected chi connectivity index (χ4v) is 5.74. The summed E-state index contributed by atoms with van der Waals surface area (Å²) in [6, 6.07) is 0.729. The third kappa shape index (κ3) is 1.74. The minimum Gasteiger partial charge on any atom is -0.350 e. The highest BCUT2D eigenvalue weighted by atomic mass is 15.3. The summed E-state index contributed by atoms with van der Waals surface area (Å²) in [4.78, 5) is 4.80. The van der Waals surface area contributed by atoms with Crippen molar-refractivity contribution in [3.05, 3.63) is 11.9 Å². The minimum atomic E-state index is 0.388. The van der Waals surface area contributed by atoms with Gasteiger partial charge in [0.05, 0.1) is 5.69 Å². The Morgan fingerprint density at radius 2 is 1.70 bits per heavy atom. The largest absolute Gasteiger partial charge is 0.350 e. The Bertz CT molecular complexity index is 505. The highest BCUT2D eigenvalue weighted by Crippen LogP contribution is 2.56. The van der Waals surface area contributed by atoms with Crippen LogP contribution in [0.5, 0.6) is 0 Å². The molecule has 1 aromatic rings. The molecule has 5 saturated carbocycles. The zero-order valence-corrected chi connectivity index (χ0v) is 12.4. The van der Waals surface area contributed by atoms with Crippen molar-refractivity contribution < 1.29 is 0 Å². The Balaban J connectivity index is 1.46. The Hall–Kier alpha value is -0.990. The van der Waals surface area contributed by atoms with Gasteiger partial charge < -0.3 is 9.88 Å². The van der Waals surface area contributed by atoms with E-state index in [9.17, 15) is 0 Å². The monoisotopic (exact) mass is 271 g/mol. The van der Waals surface area contributed by atoms with Crippen molar-refractivity contribution in [2.24, 2.45) is 17.8 Å². The first kappa shape index (κ1) is 11.6. The lowest BCUT2D eigenvalue weighted by molar-refractivity contribution is 0.0102. The van der Waals surface area contributed by atoms with Gasteiger partial charge in [0.2, 0.25) is 5.95 Å². The summed E-state index contributed by atoms with van der Waals surface area (Å²) in [6.45, 7) is 2.13. The van der Waals surface area contributed by atoms with Crippen LogP contribution in [0.4, 0.5) is 5.95 Å². The Morgan fingerprint density at radius 1 is 1.10 bits per heavy atom. The lowest BCUT2D eigenvalue weighted by atomic mass is 9.53. The van der Waals surface area contributed by atoms with Crippen LogP contribution in [0.2, 0.25) is 0 Å². The van der Waals surface area contributed by atoms with Gasteiger partial charge in [-0.3, -0.25) is 0 Å². The van der Waals surface area contributed by atoms with Crippen LogP contribution in [0.1, 0.15) is 63.1 Å². The number of nitrogens with one attached hydrogen (secondary N) is 1. The fourth-order valence-electron chi connectivity index (χ4n) is 5.74. The van der Waals surface area contributed by atoms with Crippen molar-refractivity contribution in [3.8, 4) is 0 Å². The zero-order valence-electron chi connectivity index (χ0n) is 12.4. The van der Waals surface area contributed by atoms with E-state index in [-0.39, 0.29) is 0 Å². The summed E-state index contributed by atoms with van der Waals surface area (Å²) in [6.07, 6.45) is 13.7. The standard InChI is InChI=1S/C17H25N3/c1-11-10-20(15-2-3-15)16(18-11)19-17-7-12-4-13(8-17)6-14(5-12)9-17/h10,12-15H,2-9H2,1H3,(H,18,19). The highest BCUT2D eigenvalue weighted by molar-refractivity contribution is 5.36. The minimum absolute atomic E-state index is 0.388. The van der Waals surface area contributed by atoms with Crippen LogP contribution in [0.3, 0.4) is 0 Å². The van der Waals surface area contributed by atoms with Crippen molar-refractivity contribution in [1.29, 1.82) is 0 Å². The van der Waals surface area contributed by atoms with Crippen LogP contribution >= 0.6 is 0 Å². The molecule has 20 heavy (non-hydrogen) atoms. The summed E-state index contributed by atoms with van der Waals surface area (Å²) in [5, 5.41) is 3.95. The number of anilines is 1. The first-order valence-electron chi connectivity index (χ1n) is 8.53. The molecule has 5 aliphatic rings. The number of aryl methyl sites for hydroxylation is 1. The van der Waals surface area contributed by atoms with E-state index in [1.165, 1.54) is 63.0 Å². The molecular weight excluding hydrogens is 246 g/mol. The van der Waals surface area contributed by atoms with Gasteiger partial charge in [0.1, 0.15) is 0 Å². The molecule has 0 aromatic carbocycles. The molecule has 0 saturated heterocycles. The number of aromatic nitrogens is 2. The van der Waals surface area contributed by atoms with Crippen molar-refractivity contribution in [3.63, 3.8) is 0 Å². The quantitative estimate of drug-likeness (QED) is 0.903. The number of nitrogens with zero attached hydrogens (tertiary/aromatic N) is 2. The lowest BCUT2D eigenvalue weighted by Gasteiger charge is -2.57. The van der Waals surface area contributed by atoms with Crippen molar-refractivity contribution in [1.82, 2.24) is 9.55 Å². The Labute approximate surface area is 121 Å². The van der Waals surface area contributed by atoms with Crippen LogP contribution in [-0.2, 0) is 0 Å². The predicted molar refractivity (Wildman–Crippen MR) is 79.8 cm³/mol. The van der Waals surface area contributed by atoms with Crippen LogP contribution < -0.4 is 5.32 Å². The number of hydrogen-bond donors (Lipinski definition) is 1. The number of hydrogen-bond acceptors (Lipinski definition) is 2. The second-order valence-corrected chi connectivity index (χ2v) is 8.17. The molecule has 3 heteroatoms. The van der Waals surface area contributed by atoms with Gasteiger partial charge in [-0.25, -0.2) is 4.98 Å². The summed E-state index contributed by atoms with van der Waals surface area (Å²) in [7, 11) is 0. The molecule has 6 rings (SSSR count). The van der Waals surface area contributed by atoms with Gasteiger partial charge in [-0.15, -0.1) is 0 Å². The second-order valence-electron chi connectivity index (χ2n) is 8.17. The van der Waals surface area contributed by atoms with Gasteiger partial charge in [0, 0.05) is 17.8 Å². The van der Waals surface area contributed by atoms with E-state index in [2.05, 4.69) is 23.0 Å². The second kappa shape index (κ2) is 3.80. The van der Waals surface area contributed by atoms with Crippen LogP contribution in [0.25, 0.3) is 0 Å². The maximum atomic E-state index is 4.80. The summed E-state index contributed by atoms with van der Waals surface area (Å²) in [5.74, 6) is 4.17. The molecule has 0 unspecified atom stereocenters. The molecule has 0 radical (unpaired) electrons. The fraction of sp³-hybridized carbons (Fsp3) is 0.824. The SMILES string of the molecule is Cc1cn(C2CC2)c(NC23CC4CC(CC(C4)C2)C3)n1.